The highest BCUT2D eigenvalue weighted by Gasteiger charge is 2.21. The Kier molecular flexibility index (Phi) is 4.67. The Bertz CT molecular complexity index is 1520. The summed E-state index contributed by atoms with van der Waals surface area (Å²) in [5.41, 5.74) is 2.10. The van der Waals surface area contributed by atoms with E-state index in [9.17, 15) is 9.59 Å². The Morgan fingerprint density at radius 3 is 2.71 bits per heavy atom. The molecule has 31 heavy (non-hydrogen) atoms. The molecule has 1 atom stereocenters. The van der Waals surface area contributed by atoms with Crippen LogP contribution >= 0.6 is 11.8 Å². The van der Waals surface area contributed by atoms with Gasteiger partial charge in [-0.1, -0.05) is 30.0 Å². The summed E-state index contributed by atoms with van der Waals surface area (Å²) in [4.78, 5) is 29.9. The van der Waals surface area contributed by atoms with Gasteiger partial charge in [-0.25, -0.2) is 0 Å². The molecule has 1 N–H and O–H groups in total. The molecular weight excluding hydrogens is 412 g/mol. The number of carbonyl (C=O) groups excluding carboxylic acids is 1. The summed E-state index contributed by atoms with van der Waals surface area (Å²) in [6, 6.07) is 16.7. The Hall–Kier alpha value is -3.72. The van der Waals surface area contributed by atoms with Gasteiger partial charge in [-0.15, -0.1) is 10.2 Å². The van der Waals surface area contributed by atoms with Crippen LogP contribution < -0.4 is 10.9 Å². The molecule has 0 spiro atoms. The molecule has 3 heterocycles. The molecule has 0 fully saturated rings. The predicted octanol–water partition coefficient (Wildman–Crippen LogP) is 3.25. The molecule has 9 heteroatoms. The van der Waals surface area contributed by atoms with Crippen molar-refractivity contribution in [1.82, 2.24) is 24.1 Å². The minimum Gasteiger partial charge on any atom is -0.324 e. The number of amides is 1. The number of nitrogens with zero attached hydrogens (tertiary/aromatic N) is 5. The third-order valence-electron chi connectivity index (χ3n) is 5.15. The number of nitrogens with one attached hydrogen (secondary N) is 1. The second-order valence-corrected chi connectivity index (χ2v) is 8.43. The average molecular weight is 430 g/mol. The lowest BCUT2D eigenvalue weighted by atomic mass is 10.2. The van der Waals surface area contributed by atoms with Crippen LogP contribution in [0.25, 0.3) is 27.6 Å². The van der Waals surface area contributed by atoms with Crippen LogP contribution in [0.2, 0.25) is 0 Å². The number of rotatable bonds is 4. The van der Waals surface area contributed by atoms with Crippen molar-refractivity contribution in [3.63, 3.8) is 0 Å². The maximum Gasteiger partial charge on any atom is 0.262 e. The van der Waals surface area contributed by atoms with E-state index in [0.29, 0.717) is 27.5 Å². The van der Waals surface area contributed by atoms with Crippen molar-refractivity contribution in [2.75, 3.05) is 5.32 Å². The first-order chi connectivity index (χ1) is 15.0. The van der Waals surface area contributed by atoms with Crippen LogP contribution in [0.4, 0.5) is 5.69 Å². The summed E-state index contributed by atoms with van der Waals surface area (Å²) in [7, 11) is 1.66. The minimum absolute atomic E-state index is 0.137. The fourth-order valence-corrected chi connectivity index (χ4v) is 4.40. The topological polar surface area (TPSA) is 94.2 Å². The van der Waals surface area contributed by atoms with Crippen LogP contribution in [-0.2, 0) is 11.8 Å². The first-order valence-electron chi connectivity index (χ1n) is 9.69. The summed E-state index contributed by atoms with van der Waals surface area (Å²) in [6.45, 7) is 1.81. The van der Waals surface area contributed by atoms with E-state index in [0.717, 1.165) is 10.9 Å². The van der Waals surface area contributed by atoms with E-state index in [4.69, 9.17) is 0 Å². The smallest absolute Gasteiger partial charge is 0.262 e. The normalized spacial score (nSPS) is 12.5. The Morgan fingerprint density at radius 1 is 1.03 bits per heavy atom. The van der Waals surface area contributed by atoms with Gasteiger partial charge >= 0.3 is 0 Å². The quantitative estimate of drug-likeness (QED) is 0.440. The molecule has 0 radical (unpaired) electrons. The van der Waals surface area contributed by atoms with Gasteiger partial charge in [0.15, 0.2) is 5.16 Å². The highest BCUT2D eigenvalue weighted by Crippen LogP contribution is 2.27. The second-order valence-electron chi connectivity index (χ2n) is 7.12. The molecule has 5 rings (SSSR count). The number of aromatic nitrogens is 5. The molecule has 0 saturated carbocycles. The molecule has 3 aromatic heterocycles. The molecule has 2 aromatic carbocycles. The fraction of sp³-hybridized carbons (Fsp3) is 0.136. The van der Waals surface area contributed by atoms with Crippen molar-refractivity contribution >= 4 is 50.9 Å². The van der Waals surface area contributed by atoms with E-state index in [1.54, 1.807) is 19.3 Å². The van der Waals surface area contributed by atoms with Crippen LogP contribution in [0, 0.1) is 0 Å². The van der Waals surface area contributed by atoms with Gasteiger partial charge in [-0.2, -0.15) is 0 Å². The van der Waals surface area contributed by atoms with E-state index in [2.05, 4.69) is 20.5 Å². The SMILES string of the molecule is CC(Sc1nnc2n(C)c(=O)c3ccccc3n12)C(=O)Nc1cccc2ncccc12. The average Bonchev–Trinajstić information content (AvgIpc) is 3.21. The molecule has 1 unspecified atom stereocenters. The first kappa shape index (κ1) is 19.3. The number of aryl methyl sites for hydroxylation is 1. The summed E-state index contributed by atoms with van der Waals surface area (Å²) in [5.74, 6) is 0.270. The number of hydrogen-bond donors (Lipinski definition) is 1. The number of hydrogen-bond acceptors (Lipinski definition) is 6. The standard InChI is InChI=1S/C22H18N6O2S/c1-13(19(29)24-17-10-5-9-16-14(17)8-6-12-23-16)31-22-26-25-21-27(2)20(30)15-7-3-4-11-18(15)28(21)22/h3-13H,1-2H3,(H,24,29). The van der Waals surface area contributed by atoms with Gasteiger partial charge in [-0.05, 0) is 43.3 Å². The highest BCUT2D eigenvalue weighted by molar-refractivity contribution is 8.00. The maximum absolute atomic E-state index is 12.9. The zero-order chi connectivity index (χ0) is 21.5. The van der Waals surface area contributed by atoms with Crippen LogP contribution in [0.1, 0.15) is 6.92 Å². The zero-order valence-corrected chi connectivity index (χ0v) is 17.6. The summed E-state index contributed by atoms with van der Waals surface area (Å²) >= 11 is 1.29. The van der Waals surface area contributed by atoms with Crippen LogP contribution in [-0.4, -0.2) is 35.3 Å². The van der Waals surface area contributed by atoms with Gasteiger partial charge in [0.05, 0.1) is 27.4 Å². The lowest BCUT2D eigenvalue weighted by Crippen LogP contribution is -2.23. The predicted molar refractivity (Wildman–Crippen MR) is 121 cm³/mol. The van der Waals surface area contributed by atoms with Gasteiger partial charge in [0.1, 0.15) is 0 Å². The molecular formula is C22H18N6O2S. The fourth-order valence-electron chi connectivity index (χ4n) is 3.55. The van der Waals surface area contributed by atoms with Crippen molar-refractivity contribution < 1.29 is 4.79 Å². The van der Waals surface area contributed by atoms with Gasteiger partial charge in [0, 0.05) is 18.6 Å². The summed E-state index contributed by atoms with van der Waals surface area (Å²) in [6.07, 6.45) is 1.72. The van der Waals surface area contributed by atoms with Crippen molar-refractivity contribution in [3.8, 4) is 0 Å². The van der Waals surface area contributed by atoms with Crippen molar-refractivity contribution in [3.05, 3.63) is 71.1 Å². The first-order valence-corrected chi connectivity index (χ1v) is 10.6. The van der Waals surface area contributed by atoms with E-state index in [-0.39, 0.29) is 11.5 Å². The number of thioether (sulfide) groups is 1. The molecule has 1 amide bonds. The minimum atomic E-state index is -0.449. The van der Waals surface area contributed by atoms with E-state index in [1.165, 1.54) is 16.3 Å². The number of pyridine rings is 1. The van der Waals surface area contributed by atoms with Crippen molar-refractivity contribution in [1.29, 1.82) is 0 Å². The van der Waals surface area contributed by atoms with Crippen LogP contribution in [0.15, 0.2) is 70.7 Å². The number of anilines is 1. The molecule has 0 bridgehead atoms. The van der Waals surface area contributed by atoms with Gasteiger partial charge in [0.2, 0.25) is 11.7 Å². The molecule has 0 aliphatic rings. The summed E-state index contributed by atoms with van der Waals surface area (Å²) in [5, 5.41) is 13.0. The lowest BCUT2D eigenvalue weighted by molar-refractivity contribution is -0.115. The number of benzene rings is 2. The van der Waals surface area contributed by atoms with Gasteiger partial charge < -0.3 is 5.32 Å². The van der Waals surface area contributed by atoms with Crippen LogP contribution in [0.3, 0.4) is 0 Å². The van der Waals surface area contributed by atoms with Gasteiger partial charge in [0.25, 0.3) is 5.56 Å². The lowest BCUT2D eigenvalue weighted by Gasteiger charge is -2.13. The van der Waals surface area contributed by atoms with E-state index < -0.39 is 5.25 Å². The zero-order valence-electron chi connectivity index (χ0n) is 16.8. The Morgan fingerprint density at radius 2 is 1.84 bits per heavy atom. The van der Waals surface area contributed by atoms with Crippen molar-refractivity contribution in [2.24, 2.45) is 7.05 Å². The molecule has 0 saturated heterocycles. The Balaban J connectivity index is 1.48. The Labute approximate surface area is 180 Å². The molecule has 0 aliphatic heterocycles. The third kappa shape index (κ3) is 3.23. The molecule has 8 nitrogen and oxygen atoms in total. The number of carbonyl (C=O) groups is 1. The van der Waals surface area contributed by atoms with E-state index >= 15 is 0 Å². The largest absolute Gasteiger partial charge is 0.324 e. The monoisotopic (exact) mass is 430 g/mol. The number of fused-ring (bicyclic) bond motifs is 4. The third-order valence-corrected chi connectivity index (χ3v) is 6.19. The van der Waals surface area contributed by atoms with Crippen molar-refractivity contribution in [2.45, 2.75) is 17.3 Å². The molecule has 5 aromatic rings. The van der Waals surface area contributed by atoms with Gasteiger partial charge in [-0.3, -0.25) is 23.5 Å². The number of para-hydroxylation sites is 1. The molecule has 0 aliphatic carbocycles. The summed E-state index contributed by atoms with van der Waals surface area (Å²) < 4.78 is 3.28. The van der Waals surface area contributed by atoms with Crippen LogP contribution in [0.5, 0.6) is 0 Å². The maximum atomic E-state index is 12.9. The highest BCUT2D eigenvalue weighted by atomic mass is 32.2. The van der Waals surface area contributed by atoms with E-state index in [1.807, 2.05) is 59.9 Å². The second kappa shape index (κ2) is 7.51. The molecule has 154 valence electrons.